The molecule has 0 unspecified atom stereocenters. The molecule has 0 fully saturated rings. The van der Waals surface area contributed by atoms with Crippen LogP contribution in [0.15, 0.2) is 18.2 Å². The number of benzene rings is 1. The molecule has 0 atom stereocenters. The van der Waals surface area contributed by atoms with Crippen molar-refractivity contribution in [2.45, 2.75) is 13.8 Å². The molecule has 4 nitrogen and oxygen atoms in total. The zero-order valence-electron chi connectivity index (χ0n) is 9.70. The first-order valence-corrected chi connectivity index (χ1v) is 5.08. The van der Waals surface area contributed by atoms with E-state index in [2.05, 4.69) is 17.2 Å². The first-order chi connectivity index (χ1) is 8.00. The zero-order chi connectivity index (χ0) is 12.8. The van der Waals surface area contributed by atoms with Crippen LogP contribution < -0.4 is 5.32 Å². The Hall–Kier alpha value is -2.28. The van der Waals surface area contributed by atoms with Gasteiger partial charge in [0.25, 0.3) is 0 Å². The van der Waals surface area contributed by atoms with Crippen LogP contribution in [0.1, 0.15) is 28.4 Å². The molecule has 1 amide bonds. The average molecular weight is 231 g/mol. The molecule has 0 spiro atoms. The molecule has 0 aliphatic heterocycles. The lowest BCUT2D eigenvalue weighted by molar-refractivity contribution is -0.118. The maximum Gasteiger partial charge on any atom is 0.335 e. The van der Waals surface area contributed by atoms with E-state index in [1.54, 1.807) is 19.1 Å². The van der Waals surface area contributed by atoms with Crippen molar-refractivity contribution < 1.29 is 14.7 Å². The predicted octanol–water partition coefficient (Wildman–Crippen LogP) is 1.18. The summed E-state index contributed by atoms with van der Waals surface area (Å²) >= 11 is 0. The molecular weight excluding hydrogens is 218 g/mol. The van der Waals surface area contributed by atoms with E-state index >= 15 is 0 Å². The van der Waals surface area contributed by atoms with Gasteiger partial charge < -0.3 is 10.4 Å². The maximum atomic E-state index is 10.9. The fraction of sp³-hybridized carbons (Fsp3) is 0.231. The van der Waals surface area contributed by atoms with Crippen LogP contribution >= 0.6 is 0 Å². The number of hydrogen-bond donors (Lipinski definition) is 2. The molecule has 4 heteroatoms. The molecule has 0 saturated heterocycles. The van der Waals surface area contributed by atoms with Crippen LogP contribution in [0.5, 0.6) is 0 Å². The summed E-state index contributed by atoms with van der Waals surface area (Å²) in [5.74, 6) is 4.43. The smallest absolute Gasteiger partial charge is 0.335 e. The molecule has 1 aromatic rings. The van der Waals surface area contributed by atoms with E-state index in [1.165, 1.54) is 13.0 Å². The van der Waals surface area contributed by atoms with Crippen molar-refractivity contribution in [1.29, 1.82) is 0 Å². The Labute approximate surface area is 99.7 Å². The van der Waals surface area contributed by atoms with Gasteiger partial charge in [0, 0.05) is 12.5 Å². The topological polar surface area (TPSA) is 66.4 Å². The van der Waals surface area contributed by atoms with Crippen LogP contribution in [0.4, 0.5) is 0 Å². The van der Waals surface area contributed by atoms with Crippen LogP contribution in [-0.4, -0.2) is 23.5 Å². The second kappa shape index (κ2) is 5.71. The monoisotopic (exact) mass is 231 g/mol. The first kappa shape index (κ1) is 12.8. The van der Waals surface area contributed by atoms with E-state index in [9.17, 15) is 9.59 Å². The highest BCUT2D eigenvalue weighted by atomic mass is 16.4. The highest BCUT2D eigenvalue weighted by Crippen LogP contribution is 2.10. The van der Waals surface area contributed by atoms with Crippen molar-refractivity contribution in [2.24, 2.45) is 0 Å². The van der Waals surface area contributed by atoms with Gasteiger partial charge in [0.05, 0.1) is 12.1 Å². The third kappa shape index (κ3) is 3.99. The zero-order valence-corrected chi connectivity index (χ0v) is 9.70. The number of amides is 1. The van der Waals surface area contributed by atoms with Gasteiger partial charge in [-0.1, -0.05) is 17.9 Å². The summed E-state index contributed by atoms with van der Waals surface area (Å²) in [6.45, 7) is 3.40. The summed E-state index contributed by atoms with van der Waals surface area (Å²) in [6, 6.07) is 4.99. The summed E-state index contributed by atoms with van der Waals surface area (Å²) in [5, 5.41) is 11.5. The molecule has 0 aliphatic rings. The minimum absolute atomic E-state index is 0.144. The fourth-order valence-electron chi connectivity index (χ4n) is 1.25. The number of carboxylic acids is 1. The molecule has 1 rings (SSSR count). The van der Waals surface area contributed by atoms with Gasteiger partial charge in [-0.2, -0.15) is 0 Å². The molecule has 0 heterocycles. The van der Waals surface area contributed by atoms with E-state index in [4.69, 9.17) is 5.11 Å². The number of aromatic carboxylic acids is 1. The Bertz CT molecular complexity index is 509. The number of carbonyl (C=O) groups is 2. The standard InChI is InChI=1S/C13H13NO3/c1-9-5-6-11(8-12(9)13(16)17)4-3-7-14-10(2)15/h5-6,8H,7H2,1-2H3,(H,14,15)(H,16,17). The largest absolute Gasteiger partial charge is 0.478 e. The van der Waals surface area contributed by atoms with E-state index in [0.29, 0.717) is 11.1 Å². The number of hydrogen-bond acceptors (Lipinski definition) is 2. The van der Waals surface area contributed by atoms with Crippen LogP contribution in [0.25, 0.3) is 0 Å². The second-order valence-corrected chi connectivity index (χ2v) is 3.55. The van der Waals surface area contributed by atoms with Gasteiger partial charge >= 0.3 is 5.97 Å². The highest BCUT2D eigenvalue weighted by molar-refractivity contribution is 5.89. The van der Waals surface area contributed by atoms with Gasteiger partial charge in [0.1, 0.15) is 0 Å². The molecule has 0 bridgehead atoms. The summed E-state index contributed by atoms with van der Waals surface area (Å²) in [6.07, 6.45) is 0. The average Bonchev–Trinajstić information content (AvgIpc) is 2.25. The molecule has 0 aromatic heterocycles. The van der Waals surface area contributed by atoms with Gasteiger partial charge in [-0.05, 0) is 24.6 Å². The summed E-state index contributed by atoms with van der Waals surface area (Å²) in [5.41, 5.74) is 1.57. The molecule has 0 radical (unpaired) electrons. The predicted molar refractivity (Wildman–Crippen MR) is 63.7 cm³/mol. The van der Waals surface area contributed by atoms with Crippen molar-refractivity contribution in [3.63, 3.8) is 0 Å². The molecule has 0 aliphatic carbocycles. The van der Waals surface area contributed by atoms with Gasteiger partial charge in [-0.25, -0.2) is 4.79 Å². The number of aryl methyl sites for hydroxylation is 1. The lowest BCUT2D eigenvalue weighted by atomic mass is 10.1. The lowest BCUT2D eigenvalue weighted by Gasteiger charge is -2.00. The third-order valence-electron chi connectivity index (χ3n) is 2.13. The van der Waals surface area contributed by atoms with Crippen molar-refractivity contribution in [2.75, 3.05) is 6.54 Å². The van der Waals surface area contributed by atoms with Gasteiger partial charge in [-0.3, -0.25) is 4.79 Å². The highest BCUT2D eigenvalue weighted by Gasteiger charge is 2.06. The van der Waals surface area contributed by atoms with Crippen molar-refractivity contribution in [1.82, 2.24) is 5.32 Å². The molecule has 2 N–H and O–H groups in total. The third-order valence-corrected chi connectivity index (χ3v) is 2.13. The minimum Gasteiger partial charge on any atom is -0.478 e. The van der Waals surface area contributed by atoms with Gasteiger partial charge in [0.15, 0.2) is 0 Å². The van der Waals surface area contributed by atoms with Crippen LogP contribution in [-0.2, 0) is 4.79 Å². The molecular formula is C13H13NO3. The Kier molecular flexibility index (Phi) is 4.29. The van der Waals surface area contributed by atoms with Crippen LogP contribution in [0.3, 0.4) is 0 Å². The number of rotatable bonds is 2. The number of carbonyl (C=O) groups excluding carboxylic acids is 1. The minimum atomic E-state index is -0.965. The molecule has 88 valence electrons. The fourth-order valence-corrected chi connectivity index (χ4v) is 1.25. The Balaban J connectivity index is 2.82. The Morgan fingerprint density at radius 2 is 2.12 bits per heavy atom. The Morgan fingerprint density at radius 3 is 2.71 bits per heavy atom. The van der Waals surface area contributed by atoms with E-state index in [-0.39, 0.29) is 18.0 Å². The second-order valence-electron chi connectivity index (χ2n) is 3.55. The van der Waals surface area contributed by atoms with Crippen LogP contribution in [0.2, 0.25) is 0 Å². The Morgan fingerprint density at radius 1 is 1.41 bits per heavy atom. The van der Waals surface area contributed by atoms with E-state index in [0.717, 1.165) is 0 Å². The molecule has 0 saturated carbocycles. The van der Waals surface area contributed by atoms with Gasteiger partial charge in [0.2, 0.25) is 5.91 Å². The van der Waals surface area contributed by atoms with Crippen LogP contribution in [0, 0.1) is 18.8 Å². The van der Waals surface area contributed by atoms with E-state index in [1.807, 2.05) is 0 Å². The normalized spacial score (nSPS) is 9.06. The quantitative estimate of drug-likeness (QED) is 0.751. The SMILES string of the molecule is CC(=O)NCC#Cc1ccc(C)c(C(=O)O)c1. The summed E-state index contributed by atoms with van der Waals surface area (Å²) in [7, 11) is 0. The van der Waals surface area contributed by atoms with Gasteiger partial charge in [-0.15, -0.1) is 0 Å². The van der Waals surface area contributed by atoms with Crippen molar-refractivity contribution in [3.8, 4) is 11.8 Å². The maximum absolute atomic E-state index is 10.9. The van der Waals surface area contributed by atoms with E-state index < -0.39 is 5.97 Å². The number of nitrogens with one attached hydrogen (secondary N) is 1. The first-order valence-electron chi connectivity index (χ1n) is 5.08. The summed E-state index contributed by atoms with van der Waals surface area (Å²) < 4.78 is 0. The number of carboxylic acid groups (broad SMARTS) is 1. The summed E-state index contributed by atoms with van der Waals surface area (Å²) in [4.78, 5) is 21.5. The van der Waals surface area contributed by atoms with Crippen molar-refractivity contribution in [3.05, 3.63) is 34.9 Å². The lowest BCUT2D eigenvalue weighted by Crippen LogP contribution is -2.19. The molecule has 17 heavy (non-hydrogen) atoms. The van der Waals surface area contributed by atoms with Crippen molar-refractivity contribution >= 4 is 11.9 Å². The molecule has 1 aromatic carbocycles.